The lowest BCUT2D eigenvalue weighted by Gasteiger charge is -2.29. The molecular weight excluding hydrogens is 792 g/mol. The minimum Gasteiger partial charge on any atom is -0.756 e. The van der Waals surface area contributed by atoms with E-state index in [1.54, 1.807) is 6.08 Å². The van der Waals surface area contributed by atoms with Crippen LogP contribution in [0.2, 0.25) is 0 Å². The van der Waals surface area contributed by atoms with Gasteiger partial charge in [-0.3, -0.25) is 9.36 Å². The molecule has 0 heterocycles. The summed E-state index contributed by atoms with van der Waals surface area (Å²) < 4.78 is 23.2. The van der Waals surface area contributed by atoms with E-state index in [0.29, 0.717) is 17.4 Å². The van der Waals surface area contributed by atoms with Gasteiger partial charge in [0.15, 0.2) is 0 Å². The third-order valence-corrected chi connectivity index (χ3v) is 13.1. The zero-order valence-electron chi connectivity index (χ0n) is 41.8. The fraction of sp³-hybridized carbons (Fsp3) is 0.906. The number of allylic oxidation sites excluding steroid dienone is 3. The summed E-state index contributed by atoms with van der Waals surface area (Å²) in [6, 6.07) is -0.882. The van der Waals surface area contributed by atoms with Crippen LogP contribution in [-0.4, -0.2) is 68.5 Å². The standard InChI is InChI=1S/C53H105N2O6P/c1-6-8-10-12-14-16-18-19-20-21-22-23-24-25-26-27-28-29-30-31-32-33-34-35-36-37-39-41-43-45-47-53(57)54-51(50-61-62(58,59)60-49-48-55(3,4)5)52(56)46-44-42-40-38-17-15-13-11-9-7-2/h25-26,44,46,51-52,56H,6-24,27-43,45,47-50H2,1-5H3,(H-,54,57,58,59)/b26-25-,46-44+. The topological polar surface area (TPSA) is 108 Å². The van der Waals surface area contributed by atoms with Crippen molar-refractivity contribution >= 4 is 13.7 Å². The smallest absolute Gasteiger partial charge is 0.268 e. The fourth-order valence-electron chi connectivity index (χ4n) is 7.91. The SMILES string of the molecule is CCCCCCCCCC/C=C/C(O)C(COP(=O)([O-])OCC[N+](C)(C)C)NC(=O)CCCCCCCCCCCCCCCC/C=C\CCCCCCCCCCCCCC. The van der Waals surface area contributed by atoms with Gasteiger partial charge < -0.3 is 28.8 Å². The van der Waals surface area contributed by atoms with Gasteiger partial charge in [0.1, 0.15) is 13.2 Å². The fourth-order valence-corrected chi connectivity index (χ4v) is 8.64. The average molecular weight is 897 g/mol. The lowest BCUT2D eigenvalue weighted by molar-refractivity contribution is -0.870. The number of quaternary nitrogens is 1. The summed E-state index contributed by atoms with van der Waals surface area (Å²) in [6.45, 7) is 4.64. The van der Waals surface area contributed by atoms with Crippen LogP contribution in [0.3, 0.4) is 0 Å². The molecule has 0 aliphatic rings. The number of aliphatic hydroxyl groups is 1. The van der Waals surface area contributed by atoms with Gasteiger partial charge in [0, 0.05) is 6.42 Å². The molecule has 3 atom stereocenters. The van der Waals surface area contributed by atoms with Crippen molar-refractivity contribution in [3.05, 3.63) is 24.3 Å². The summed E-state index contributed by atoms with van der Waals surface area (Å²) in [6.07, 6.45) is 55.5. The summed E-state index contributed by atoms with van der Waals surface area (Å²) in [5.74, 6) is -0.196. The third-order valence-electron chi connectivity index (χ3n) is 12.2. The number of amides is 1. The Balaban J connectivity index is 4.00. The Morgan fingerprint density at radius 3 is 1.26 bits per heavy atom. The highest BCUT2D eigenvalue weighted by atomic mass is 31.2. The molecule has 0 saturated carbocycles. The highest BCUT2D eigenvalue weighted by molar-refractivity contribution is 7.45. The lowest BCUT2D eigenvalue weighted by Crippen LogP contribution is -2.45. The number of aliphatic hydroxyl groups excluding tert-OH is 1. The summed E-state index contributed by atoms with van der Waals surface area (Å²) >= 11 is 0. The maximum atomic E-state index is 12.9. The molecule has 0 saturated heterocycles. The monoisotopic (exact) mass is 897 g/mol. The summed E-state index contributed by atoms with van der Waals surface area (Å²) in [5, 5.41) is 13.8. The van der Waals surface area contributed by atoms with E-state index >= 15 is 0 Å². The maximum absolute atomic E-state index is 12.9. The molecule has 0 bridgehead atoms. The molecule has 0 spiro atoms. The molecule has 3 unspecified atom stereocenters. The van der Waals surface area contributed by atoms with Crippen molar-refractivity contribution in [2.45, 2.75) is 270 Å². The van der Waals surface area contributed by atoms with Crippen molar-refractivity contribution in [1.82, 2.24) is 5.32 Å². The Kier molecular flexibility index (Phi) is 44.4. The molecule has 8 nitrogen and oxygen atoms in total. The van der Waals surface area contributed by atoms with E-state index in [9.17, 15) is 19.4 Å². The molecule has 0 aromatic carbocycles. The van der Waals surface area contributed by atoms with Gasteiger partial charge in [0.05, 0.1) is 39.9 Å². The number of phosphoric ester groups is 1. The van der Waals surface area contributed by atoms with E-state index in [4.69, 9.17) is 9.05 Å². The second-order valence-corrected chi connectivity index (χ2v) is 21.0. The van der Waals surface area contributed by atoms with Crippen LogP contribution in [0.25, 0.3) is 0 Å². The highest BCUT2D eigenvalue weighted by Gasteiger charge is 2.23. The third kappa shape index (κ3) is 47.0. The van der Waals surface area contributed by atoms with E-state index in [-0.39, 0.29) is 19.1 Å². The first-order valence-corrected chi connectivity index (χ1v) is 28.2. The summed E-state index contributed by atoms with van der Waals surface area (Å²) in [5.41, 5.74) is 0. The number of hydrogen-bond donors (Lipinski definition) is 2. The van der Waals surface area contributed by atoms with Gasteiger partial charge in [-0.05, 0) is 44.9 Å². The van der Waals surface area contributed by atoms with Crippen molar-refractivity contribution in [2.24, 2.45) is 0 Å². The Morgan fingerprint density at radius 1 is 0.548 bits per heavy atom. The van der Waals surface area contributed by atoms with E-state index in [1.807, 2.05) is 27.2 Å². The Hall–Kier alpha value is -1.02. The van der Waals surface area contributed by atoms with E-state index < -0.39 is 20.0 Å². The number of phosphoric acid groups is 1. The van der Waals surface area contributed by atoms with Gasteiger partial charge in [-0.25, -0.2) is 0 Å². The zero-order valence-corrected chi connectivity index (χ0v) is 42.7. The number of nitrogens with zero attached hydrogens (tertiary/aromatic N) is 1. The number of hydrogen-bond acceptors (Lipinski definition) is 6. The molecule has 0 radical (unpaired) electrons. The van der Waals surface area contributed by atoms with Crippen LogP contribution in [0.15, 0.2) is 24.3 Å². The van der Waals surface area contributed by atoms with Gasteiger partial charge in [-0.1, -0.05) is 231 Å². The van der Waals surface area contributed by atoms with Crippen LogP contribution in [0.1, 0.15) is 258 Å². The average Bonchev–Trinajstić information content (AvgIpc) is 3.23. The number of carbonyl (C=O) groups excluding carboxylic acids is 1. The molecule has 368 valence electrons. The quantitative estimate of drug-likeness (QED) is 0.0273. The second kappa shape index (κ2) is 45.1. The van der Waals surface area contributed by atoms with Crippen LogP contribution in [-0.2, 0) is 18.4 Å². The molecule has 2 N–H and O–H groups in total. The molecule has 0 fully saturated rings. The van der Waals surface area contributed by atoms with Crippen molar-refractivity contribution in [3.63, 3.8) is 0 Å². The summed E-state index contributed by atoms with van der Waals surface area (Å²) in [7, 11) is 1.27. The van der Waals surface area contributed by atoms with Gasteiger partial charge in [0.2, 0.25) is 5.91 Å². The molecule has 0 rings (SSSR count). The van der Waals surface area contributed by atoms with Crippen molar-refractivity contribution < 1.29 is 32.9 Å². The number of rotatable bonds is 49. The molecular formula is C53H105N2O6P. The number of unbranched alkanes of at least 4 members (excludes halogenated alkanes) is 34. The van der Waals surface area contributed by atoms with E-state index in [0.717, 1.165) is 38.5 Å². The van der Waals surface area contributed by atoms with Gasteiger partial charge >= 0.3 is 0 Å². The zero-order chi connectivity index (χ0) is 45.7. The van der Waals surface area contributed by atoms with E-state index in [2.05, 4.69) is 31.3 Å². The van der Waals surface area contributed by atoms with Crippen LogP contribution in [0.5, 0.6) is 0 Å². The normalized spacial score (nSPS) is 14.2. The number of nitrogens with one attached hydrogen (secondary N) is 1. The number of carbonyl (C=O) groups is 1. The minimum absolute atomic E-state index is 0.000493. The van der Waals surface area contributed by atoms with Crippen LogP contribution >= 0.6 is 7.82 Å². The molecule has 9 heteroatoms. The van der Waals surface area contributed by atoms with Gasteiger partial charge in [-0.15, -0.1) is 0 Å². The largest absolute Gasteiger partial charge is 0.756 e. The first-order chi connectivity index (χ1) is 30.0. The van der Waals surface area contributed by atoms with Crippen LogP contribution in [0, 0.1) is 0 Å². The number of likely N-dealkylation sites (N-methyl/N-ethyl adjacent to an activating group) is 1. The predicted molar refractivity (Wildman–Crippen MR) is 265 cm³/mol. The Bertz CT molecular complexity index is 1060. The second-order valence-electron chi connectivity index (χ2n) is 19.6. The first-order valence-electron chi connectivity index (χ1n) is 26.7. The first kappa shape index (κ1) is 61.0. The van der Waals surface area contributed by atoms with E-state index in [1.165, 1.54) is 199 Å². The highest BCUT2D eigenvalue weighted by Crippen LogP contribution is 2.38. The molecule has 62 heavy (non-hydrogen) atoms. The molecule has 0 aliphatic carbocycles. The van der Waals surface area contributed by atoms with Crippen molar-refractivity contribution in [1.29, 1.82) is 0 Å². The molecule has 0 aromatic rings. The minimum atomic E-state index is -4.58. The predicted octanol–water partition coefficient (Wildman–Crippen LogP) is 15.0. The maximum Gasteiger partial charge on any atom is 0.268 e. The molecule has 0 aromatic heterocycles. The van der Waals surface area contributed by atoms with Crippen molar-refractivity contribution in [3.8, 4) is 0 Å². The van der Waals surface area contributed by atoms with Gasteiger partial charge in [0.25, 0.3) is 7.82 Å². The molecule has 0 aliphatic heterocycles. The Morgan fingerprint density at radius 2 is 0.887 bits per heavy atom. The van der Waals surface area contributed by atoms with Crippen molar-refractivity contribution in [2.75, 3.05) is 40.9 Å². The molecule has 1 amide bonds. The van der Waals surface area contributed by atoms with Crippen LogP contribution < -0.4 is 10.2 Å². The summed E-state index contributed by atoms with van der Waals surface area (Å²) in [4.78, 5) is 25.3. The van der Waals surface area contributed by atoms with Crippen LogP contribution in [0.4, 0.5) is 0 Å². The van der Waals surface area contributed by atoms with Gasteiger partial charge in [-0.2, -0.15) is 0 Å². The lowest BCUT2D eigenvalue weighted by atomic mass is 10.0. The Labute approximate surface area is 385 Å².